The molecular weight excluding hydrogens is 130 g/mol. The molecule has 0 unspecified atom stereocenters. The molecule has 2 N–H and O–H groups in total. The topological polar surface area (TPSA) is 62.7 Å². The molecule has 5 nitrogen and oxygen atoms in total. The number of anilines is 2. The zero-order valence-electron chi connectivity index (χ0n) is 5.33. The maximum atomic E-state index is 3.78. The van der Waals surface area contributed by atoms with Crippen molar-refractivity contribution in [3.8, 4) is 0 Å². The van der Waals surface area contributed by atoms with Crippen LogP contribution < -0.4 is 10.6 Å². The summed E-state index contributed by atoms with van der Waals surface area (Å²) in [6.07, 6.45) is 1.66. The Morgan fingerprint density at radius 3 is 3.10 bits per heavy atom. The minimum Gasteiger partial charge on any atom is -0.379 e. The highest BCUT2D eigenvalue weighted by molar-refractivity contribution is 5.63. The van der Waals surface area contributed by atoms with Crippen LogP contribution in [0.5, 0.6) is 0 Å². The SMILES string of the molecule is c1nnnc2c1NCCN2. The van der Waals surface area contributed by atoms with Crippen LogP contribution in [0.15, 0.2) is 6.20 Å². The van der Waals surface area contributed by atoms with Gasteiger partial charge in [-0.25, -0.2) is 0 Å². The molecule has 0 aliphatic carbocycles. The molecule has 0 amide bonds. The lowest BCUT2D eigenvalue weighted by Gasteiger charge is -2.15. The number of hydrogen-bond acceptors (Lipinski definition) is 5. The third kappa shape index (κ3) is 0.754. The van der Waals surface area contributed by atoms with Crippen LogP contribution in [-0.2, 0) is 0 Å². The maximum Gasteiger partial charge on any atom is 0.175 e. The van der Waals surface area contributed by atoms with Gasteiger partial charge in [-0.15, -0.1) is 10.2 Å². The van der Waals surface area contributed by atoms with Crippen LogP contribution in [0.4, 0.5) is 11.5 Å². The average molecular weight is 137 g/mol. The van der Waals surface area contributed by atoms with Crippen LogP contribution in [0.2, 0.25) is 0 Å². The van der Waals surface area contributed by atoms with E-state index in [2.05, 4.69) is 26.0 Å². The van der Waals surface area contributed by atoms with Crippen molar-refractivity contribution < 1.29 is 0 Å². The van der Waals surface area contributed by atoms with Crippen molar-refractivity contribution in [2.45, 2.75) is 0 Å². The van der Waals surface area contributed by atoms with Gasteiger partial charge in [-0.3, -0.25) is 0 Å². The van der Waals surface area contributed by atoms with E-state index < -0.39 is 0 Å². The molecule has 1 aromatic rings. The second kappa shape index (κ2) is 2.09. The number of fused-ring (bicyclic) bond motifs is 1. The molecule has 1 aliphatic rings. The Balaban J connectivity index is 2.41. The van der Waals surface area contributed by atoms with E-state index in [1.165, 1.54) is 0 Å². The standard InChI is InChI=1S/C5H7N5/c1-2-7-5-4(6-1)3-8-10-9-5/h3,6H,1-2H2,(H,7,8,9). The fraction of sp³-hybridized carbons (Fsp3) is 0.400. The second-order valence-corrected chi connectivity index (χ2v) is 2.05. The van der Waals surface area contributed by atoms with Crippen LogP contribution in [0.1, 0.15) is 0 Å². The van der Waals surface area contributed by atoms with Crippen molar-refractivity contribution in [3.05, 3.63) is 6.20 Å². The van der Waals surface area contributed by atoms with Crippen LogP contribution in [-0.4, -0.2) is 28.5 Å². The first-order valence-electron chi connectivity index (χ1n) is 3.13. The molecule has 0 radical (unpaired) electrons. The van der Waals surface area contributed by atoms with Gasteiger partial charge >= 0.3 is 0 Å². The Kier molecular flexibility index (Phi) is 1.13. The highest BCUT2D eigenvalue weighted by Crippen LogP contribution is 2.17. The van der Waals surface area contributed by atoms with Gasteiger partial charge in [-0.1, -0.05) is 0 Å². The zero-order chi connectivity index (χ0) is 6.81. The smallest absolute Gasteiger partial charge is 0.175 e. The Hall–Kier alpha value is -1.39. The molecule has 2 heterocycles. The van der Waals surface area contributed by atoms with E-state index in [1.807, 2.05) is 0 Å². The van der Waals surface area contributed by atoms with Crippen LogP contribution >= 0.6 is 0 Å². The number of nitrogens with zero attached hydrogens (tertiary/aromatic N) is 3. The summed E-state index contributed by atoms with van der Waals surface area (Å²) in [7, 11) is 0. The molecule has 1 aliphatic heterocycles. The summed E-state index contributed by atoms with van der Waals surface area (Å²) in [6.45, 7) is 1.81. The van der Waals surface area contributed by atoms with Gasteiger partial charge in [0.15, 0.2) is 5.82 Å². The number of hydrogen-bond donors (Lipinski definition) is 2. The number of rotatable bonds is 0. The molecule has 2 rings (SSSR count). The Morgan fingerprint density at radius 2 is 2.20 bits per heavy atom. The largest absolute Gasteiger partial charge is 0.379 e. The predicted octanol–water partition coefficient (Wildman–Crippen LogP) is -0.291. The van der Waals surface area contributed by atoms with E-state index >= 15 is 0 Å². The molecule has 0 fully saturated rings. The lowest BCUT2D eigenvalue weighted by Crippen LogP contribution is -2.21. The summed E-state index contributed by atoms with van der Waals surface area (Å²) in [4.78, 5) is 0. The van der Waals surface area contributed by atoms with Gasteiger partial charge in [0.05, 0.1) is 11.9 Å². The summed E-state index contributed by atoms with van der Waals surface area (Å²) in [5.74, 6) is 0.793. The fourth-order valence-electron chi connectivity index (χ4n) is 0.907. The predicted molar refractivity (Wildman–Crippen MR) is 36.8 cm³/mol. The normalized spacial score (nSPS) is 14.8. The summed E-state index contributed by atoms with van der Waals surface area (Å²) < 4.78 is 0. The van der Waals surface area contributed by atoms with E-state index in [9.17, 15) is 0 Å². The van der Waals surface area contributed by atoms with Crippen LogP contribution in [0, 0.1) is 0 Å². The molecular formula is C5H7N5. The van der Waals surface area contributed by atoms with Gasteiger partial charge in [-0.2, -0.15) is 0 Å². The molecule has 1 aromatic heterocycles. The molecule has 5 heteroatoms. The molecule has 10 heavy (non-hydrogen) atoms. The summed E-state index contributed by atoms with van der Waals surface area (Å²) in [5, 5.41) is 17.1. The molecule has 52 valence electrons. The summed E-state index contributed by atoms with van der Waals surface area (Å²) in [6, 6.07) is 0. The Labute approximate surface area is 57.9 Å². The van der Waals surface area contributed by atoms with Crippen molar-refractivity contribution in [3.63, 3.8) is 0 Å². The molecule has 0 bridgehead atoms. The van der Waals surface area contributed by atoms with Crippen molar-refractivity contribution in [1.29, 1.82) is 0 Å². The second-order valence-electron chi connectivity index (χ2n) is 2.05. The highest BCUT2D eigenvalue weighted by Gasteiger charge is 2.07. The molecule has 0 saturated heterocycles. The molecule has 0 atom stereocenters. The molecule has 0 spiro atoms. The van der Waals surface area contributed by atoms with Gasteiger partial charge in [0, 0.05) is 13.1 Å². The third-order valence-electron chi connectivity index (χ3n) is 1.37. The maximum absolute atomic E-state index is 3.78. The van der Waals surface area contributed by atoms with Crippen LogP contribution in [0.25, 0.3) is 0 Å². The minimum atomic E-state index is 0.793. The zero-order valence-corrected chi connectivity index (χ0v) is 5.33. The number of nitrogens with one attached hydrogen (secondary N) is 2. The van der Waals surface area contributed by atoms with E-state index in [0.29, 0.717) is 0 Å². The van der Waals surface area contributed by atoms with Gasteiger partial charge in [0.25, 0.3) is 0 Å². The summed E-state index contributed by atoms with van der Waals surface area (Å²) >= 11 is 0. The van der Waals surface area contributed by atoms with Gasteiger partial charge in [-0.05, 0) is 5.21 Å². The first-order chi connectivity index (χ1) is 4.97. The third-order valence-corrected chi connectivity index (χ3v) is 1.37. The van der Waals surface area contributed by atoms with Gasteiger partial charge in [0.1, 0.15) is 0 Å². The monoisotopic (exact) mass is 137 g/mol. The number of aromatic nitrogens is 3. The van der Waals surface area contributed by atoms with E-state index in [4.69, 9.17) is 0 Å². The van der Waals surface area contributed by atoms with Gasteiger partial charge < -0.3 is 10.6 Å². The summed E-state index contributed by atoms with van der Waals surface area (Å²) in [5.41, 5.74) is 0.932. The Morgan fingerprint density at radius 1 is 1.30 bits per heavy atom. The van der Waals surface area contributed by atoms with Crippen molar-refractivity contribution in [1.82, 2.24) is 15.4 Å². The van der Waals surface area contributed by atoms with E-state index in [0.717, 1.165) is 24.6 Å². The lowest BCUT2D eigenvalue weighted by atomic mass is 10.4. The van der Waals surface area contributed by atoms with Crippen LogP contribution in [0.3, 0.4) is 0 Å². The van der Waals surface area contributed by atoms with E-state index in [1.54, 1.807) is 6.20 Å². The minimum absolute atomic E-state index is 0.793. The van der Waals surface area contributed by atoms with E-state index in [-0.39, 0.29) is 0 Å². The average Bonchev–Trinajstić information content (AvgIpc) is 2.05. The fourth-order valence-corrected chi connectivity index (χ4v) is 0.907. The quantitative estimate of drug-likeness (QED) is 0.514. The first kappa shape index (κ1) is 5.40. The Bertz CT molecular complexity index is 210. The highest BCUT2D eigenvalue weighted by atomic mass is 15.3. The van der Waals surface area contributed by atoms with Crippen molar-refractivity contribution in [2.24, 2.45) is 0 Å². The van der Waals surface area contributed by atoms with Gasteiger partial charge in [0.2, 0.25) is 0 Å². The van der Waals surface area contributed by atoms with Crippen molar-refractivity contribution >= 4 is 11.5 Å². The first-order valence-corrected chi connectivity index (χ1v) is 3.13. The molecule has 0 aromatic carbocycles. The van der Waals surface area contributed by atoms with Crippen molar-refractivity contribution in [2.75, 3.05) is 23.7 Å². The lowest BCUT2D eigenvalue weighted by molar-refractivity contribution is 0.848. The molecule has 0 saturated carbocycles.